The van der Waals surface area contributed by atoms with Gasteiger partial charge < -0.3 is 15.8 Å². The molecular formula is C23H24N4O5S. The van der Waals surface area contributed by atoms with Crippen molar-refractivity contribution in [3.63, 3.8) is 0 Å². The number of carbonyl (C=O) groups excluding carboxylic acids is 2. The summed E-state index contributed by atoms with van der Waals surface area (Å²) < 4.78 is 33.1. The molecule has 1 heterocycles. The maximum atomic E-state index is 12.7. The average molecular weight is 469 g/mol. The summed E-state index contributed by atoms with van der Waals surface area (Å²) in [4.78, 5) is 29.1. The van der Waals surface area contributed by atoms with Crippen molar-refractivity contribution in [2.24, 2.45) is 0 Å². The molecule has 10 heteroatoms. The number of hydrogen-bond donors (Lipinski definition) is 3. The topological polar surface area (TPSA) is 140 Å². The van der Waals surface area contributed by atoms with Gasteiger partial charge in [-0.2, -0.15) is 4.72 Å². The molecular weight excluding hydrogens is 444 g/mol. The molecule has 0 aliphatic rings. The third-order valence-corrected chi connectivity index (χ3v) is 6.00. The molecule has 3 rings (SSSR count). The number of amides is 1. The highest BCUT2D eigenvalue weighted by atomic mass is 32.2. The van der Waals surface area contributed by atoms with Crippen LogP contribution in [-0.2, 0) is 26.0 Å². The molecule has 0 saturated heterocycles. The molecule has 4 N–H and O–H groups in total. The second kappa shape index (κ2) is 11.2. The molecule has 0 aliphatic heterocycles. The number of ether oxygens (including phenoxy) is 1. The summed E-state index contributed by atoms with van der Waals surface area (Å²) in [5.41, 5.74) is 6.61. The predicted octanol–water partition coefficient (Wildman–Crippen LogP) is 1.87. The van der Waals surface area contributed by atoms with Crippen molar-refractivity contribution in [2.45, 2.75) is 23.9 Å². The number of aromatic nitrogens is 1. The third kappa shape index (κ3) is 7.41. The Morgan fingerprint density at radius 3 is 2.27 bits per heavy atom. The number of carbonyl (C=O) groups is 2. The molecule has 2 aromatic carbocycles. The van der Waals surface area contributed by atoms with Gasteiger partial charge in [0.05, 0.1) is 17.9 Å². The van der Waals surface area contributed by atoms with Crippen LogP contribution < -0.4 is 15.8 Å². The summed E-state index contributed by atoms with van der Waals surface area (Å²) in [6.45, 7) is 0.0279. The lowest BCUT2D eigenvalue weighted by molar-refractivity contribution is -0.144. The van der Waals surface area contributed by atoms with Gasteiger partial charge in [-0.1, -0.05) is 42.5 Å². The molecule has 9 nitrogen and oxygen atoms in total. The van der Waals surface area contributed by atoms with Gasteiger partial charge in [0.25, 0.3) is 5.91 Å². The molecule has 0 bridgehead atoms. The number of hydrogen-bond acceptors (Lipinski definition) is 7. The SMILES string of the molecule is Nc1cccc(CCOC(=O)C[C@@H](NC(=O)c2ccccc2)NS(=O)(=O)c2ccccc2)n1. The van der Waals surface area contributed by atoms with Crippen LogP contribution in [0.25, 0.3) is 0 Å². The zero-order valence-corrected chi connectivity index (χ0v) is 18.5. The molecule has 0 fully saturated rings. The Bertz CT molecular complexity index is 1190. The van der Waals surface area contributed by atoms with E-state index in [2.05, 4.69) is 15.0 Å². The Labute approximate surface area is 192 Å². The lowest BCUT2D eigenvalue weighted by Crippen LogP contribution is -2.49. The molecule has 0 aliphatic carbocycles. The Hall–Kier alpha value is -3.76. The van der Waals surface area contributed by atoms with Crippen molar-refractivity contribution in [1.82, 2.24) is 15.0 Å². The quantitative estimate of drug-likeness (QED) is 0.305. The highest BCUT2D eigenvalue weighted by Crippen LogP contribution is 2.10. The number of anilines is 1. The summed E-state index contributed by atoms with van der Waals surface area (Å²) >= 11 is 0. The van der Waals surface area contributed by atoms with E-state index < -0.39 is 34.5 Å². The number of nitrogens with one attached hydrogen (secondary N) is 2. The van der Waals surface area contributed by atoms with E-state index in [-0.39, 0.29) is 11.5 Å². The van der Waals surface area contributed by atoms with Gasteiger partial charge in [0, 0.05) is 17.7 Å². The van der Waals surface area contributed by atoms with Gasteiger partial charge in [-0.25, -0.2) is 13.4 Å². The van der Waals surface area contributed by atoms with Gasteiger partial charge in [-0.3, -0.25) is 9.59 Å². The van der Waals surface area contributed by atoms with E-state index in [1.54, 1.807) is 66.7 Å². The van der Waals surface area contributed by atoms with Crippen molar-refractivity contribution in [1.29, 1.82) is 0 Å². The van der Waals surface area contributed by atoms with Crippen LogP contribution in [0.2, 0.25) is 0 Å². The van der Waals surface area contributed by atoms with Gasteiger partial charge in [-0.15, -0.1) is 0 Å². The third-order valence-electron chi connectivity index (χ3n) is 4.51. The summed E-state index contributed by atoms with van der Waals surface area (Å²) in [6.07, 6.45) is -1.29. The van der Waals surface area contributed by atoms with Crippen LogP contribution in [0.1, 0.15) is 22.5 Å². The lowest BCUT2D eigenvalue weighted by atomic mass is 10.2. The van der Waals surface area contributed by atoms with E-state index in [1.807, 2.05) is 0 Å². The maximum absolute atomic E-state index is 12.7. The monoisotopic (exact) mass is 468 g/mol. The largest absolute Gasteiger partial charge is 0.465 e. The number of esters is 1. The van der Waals surface area contributed by atoms with Crippen molar-refractivity contribution < 1.29 is 22.7 Å². The average Bonchev–Trinajstić information content (AvgIpc) is 2.80. The summed E-state index contributed by atoms with van der Waals surface area (Å²) in [7, 11) is -4.00. The fraction of sp³-hybridized carbons (Fsp3) is 0.174. The number of nitrogens with zero attached hydrogens (tertiary/aromatic N) is 1. The standard InChI is InChI=1S/C23H24N4O5S/c24-20-13-7-10-18(25-20)14-15-32-22(28)16-21(26-23(29)17-8-3-1-4-9-17)27-33(30,31)19-11-5-2-6-12-19/h1-13,21,27H,14-16H2,(H2,24,25)(H,26,29)/t21-/m0/s1. The lowest BCUT2D eigenvalue weighted by Gasteiger charge is -2.20. The minimum absolute atomic E-state index is 0.00469. The number of sulfonamides is 1. The molecule has 0 radical (unpaired) electrons. The highest BCUT2D eigenvalue weighted by Gasteiger charge is 2.24. The van der Waals surface area contributed by atoms with Crippen molar-refractivity contribution in [3.8, 4) is 0 Å². The van der Waals surface area contributed by atoms with Crippen LogP contribution in [0.3, 0.4) is 0 Å². The first kappa shape index (κ1) is 23.9. The summed E-state index contributed by atoms with van der Waals surface area (Å²) in [6, 6.07) is 21.1. The van der Waals surface area contributed by atoms with Crippen LogP contribution in [0, 0.1) is 0 Å². The van der Waals surface area contributed by atoms with E-state index in [0.717, 1.165) is 0 Å². The summed E-state index contributed by atoms with van der Waals surface area (Å²) in [5.74, 6) is -0.862. The van der Waals surface area contributed by atoms with Gasteiger partial charge in [0.2, 0.25) is 10.0 Å². The van der Waals surface area contributed by atoms with Crippen molar-refractivity contribution in [2.75, 3.05) is 12.3 Å². The molecule has 0 unspecified atom stereocenters. The Morgan fingerprint density at radius 2 is 1.61 bits per heavy atom. The highest BCUT2D eigenvalue weighted by molar-refractivity contribution is 7.89. The Morgan fingerprint density at radius 1 is 0.939 bits per heavy atom. The van der Waals surface area contributed by atoms with Crippen LogP contribution >= 0.6 is 0 Å². The molecule has 0 spiro atoms. The van der Waals surface area contributed by atoms with E-state index in [1.165, 1.54) is 12.1 Å². The number of nitrogens with two attached hydrogens (primary N) is 1. The Kier molecular flexibility index (Phi) is 8.11. The normalized spacial score (nSPS) is 12.0. The maximum Gasteiger partial charge on any atom is 0.309 e. The second-order valence-electron chi connectivity index (χ2n) is 7.05. The van der Waals surface area contributed by atoms with E-state index in [9.17, 15) is 18.0 Å². The molecule has 1 amide bonds. The second-order valence-corrected chi connectivity index (χ2v) is 8.77. The first-order chi connectivity index (χ1) is 15.8. The molecule has 3 aromatic rings. The van der Waals surface area contributed by atoms with Gasteiger partial charge in [0.15, 0.2) is 0 Å². The number of nitrogen functional groups attached to an aromatic ring is 1. The fourth-order valence-corrected chi connectivity index (χ4v) is 4.11. The van der Waals surface area contributed by atoms with Gasteiger partial charge in [-0.05, 0) is 36.4 Å². The minimum Gasteiger partial charge on any atom is -0.465 e. The van der Waals surface area contributed by atoms with Crippen LogP contribution in [0.15, 0.2) is 83.8 Å². The van der Waals surface area contributed by atoms with Crippen molar-refractivity contribution >= 4 is 27.7 Å². The molecule has 1 aromatic heterocycles. The number of benzene rings is 2. The van der Waals surface area contributed by atoms with Crippen LogP contribution in [-0.4, -0.2) is 38.1 Å². The molecule has 1 atom stereocenters. The predicted molar refractivity (Wildman–Crippen MR) is 122 cm³/mol. The molecule has 33 heavy (non-hydrogen) atoms. The first-order valence-electron chi connectivity index (χ1n) is 10.1. The first-order valence-corrected chi connectivity index (χ1v) is 11.6. The van der Waals surface area contributed by atoms with Gasteiger partial charge >= 0.3 is 5.97 Å². The summed E-state index contributed by atoms with van der Waals surface area (Å²) in [5, 5.41) is 2.55. The molecule has 0 saturated carbocycles. The zero-order valence-electron chi connectivity index (χ0n) is 17.7. The van der Waals surface area contributed by atoms with E-state index >= 15 is 0 Å². The van der Waals surface area contributed by atoms with Crippen LogP contribution in [0.5, 0.6) is 0 Å². The fourth-order valence-electron chi connectivity index (χ4n) is 2.94. The number of pyridine rings is 1. The zero-order chi connectivity index (χ0) is 23.7. The smallest absolute Gasteiger partial charge is 0.309 e. The minimum atomic E-state index is -4.00. The van der Waals surface area contributed by atoms with Crippen molar-refractivity contribution in [3.05, 3.63) is 90.1 Å². The van der Waals surface area contributed by atoms with Crippen LogP contribution in [0.4, 0.5) is 5.82 Å². The van der Waals surface area contributed by atoms with E-state index in [0.29, 0.717) is 23.5 Å². The van der Waals surface area contributed by atoms with Gasteiger partial charge in [0.1, 0.15) is 12.0 Å². The Balaban J connectivity index is 1.66. The van der Waals surface area contributed by atoms with E-state index in [4.69, 9.17) is 10.5 Å². The molecule has 172 valence electrons. The number of rotatable bonds is 10.